The van der Waals surface area contributed by atoms with Gasteiger partial charge in [-0.3, -0.25) is 0 Å². The third-order valence-corrected chi connectivity index (χ3v) is 4.33. The Morgan fingerprint density at radius 3 is 1.46 bits per heavy atom. The summed E-state index contributed by atoms with van der Waals surface area (Å²) in [6.07, 6.45) is 0. The van der Waals surface area contributed by atoms with Crippen molar-refractivity contribution in [1.82, 2.24) is 0 Å². The second-order valence-electron chi connectivity index (χ2n) is 5.62. The Balaban J connectivity index is 1.62. The number of ether oxygens (including phenoxy) is 2. The minimum Gasteiger partial charge on any atom is -0.423 e. The van der Waals surface area contributed by atoms with Crippen LogP contribution in [0.2, 0.25) is 0 Å². The van der Waals surface area contributed by atoms with Crippen molar-refractivity contribution in [3.63, 3.8) is 0 Å². The lowest BCUT2D eigenvalue weighted by atomic mass is 10.1. The van der Waals surface area contributed by atoms with Gasteiger partial charge in [0.25, 0.3) is 0 Å². The van der Waals surface area contributed by atoms with Crippen molar-refractivity contribution in [3.05, 3.63) is 93.1 Å². The first kappa shape index (κ1) is 18.1. The van der Waals surface area contributed by atoms with E-state index < -0.39 is 11.9 Å². The Kier molecular flexibility index (Phi) is 5.68. The summed E-state index contributed by atoms with van der Waals surface area (Å²) in [5.74, 6) is -0.118. The average Bonchev–Trinajstić information content (AvgIpc) is 2.64. The zero-order chi connectivity index (χ0) is 18.5. The summed E-state index contributed by atoms with van der Waals surface area (Å²) < 4.78 is 11.7. The lowest BCUT2D eigenvalue weighted by Gasteiger charge is -2.07. The highest BCUT2D eigenvalue weighted by atomic mass is 127. The van der Waals surface area contributed by atoms with Gasteiger partial charge in [0, 0.05) is 3.57 Å². The number of hydrogen-bond donors (Lipinski definition) is 0. The molecule has 130 valence electrons. The van der Waals surface area contributed by atoms with Crippen LogP contribution in [0, 0.1) is 10.5 Å². The van der Waals surface area contributed by atoms with Crippen LogP contribution < -0.4 is 9.47 Å². The van der Waals surface area contributed by atoms with E-state index in [1.54, 1.807) is 48.5 Å². The molecule has 26 heavy (non-hydrogen) atoms. The smallest absolute Gasteiger partial charge is 0.343 e. The van der Waals surface area contributed by atoms with Crippen molar-refractivity contribution in [2.75, 3.05) is 0 Å². The molecule has 0 fully saturated rings. The standard InChI is InChI=1S/C21H15IO4/c1-14-2-4-15(5-3-14)20(23)25-18-10-12-19(13-11-18)26-21(24)16-6-8-17(22)9-7-16/h2-13H,1H3. The van der Waals surface area contributed by atoms with E-state index in [9.17, 15) is 9.59 Å². The van der Waals surface area contributed by atoms with Gasteiger partial charge in [-0.1, -0.05) is 17.7 Å². The summed E-state index contributed by atoms with van der Waals surface area (Å²) in [4.78, 5) is 24.2. The largest absolute Gasteiger partial charge is 0.423 e. The fourth-order valence-electron chi connectivity index (χ4n) is 2.18. The lowest BCUT2D eigenvalue weighted by Crippen LogP contribution is -2.09. The predicted molar refractivity (Wildman–Crippen MR) is 107 cm³/mol. The van der Waals surface area contributed by atoms with Crippen molar-refractivity contribution in [3.8, 4) is 11.5 Å². The highest BCUT2D eigenvalue weighted by molar-refractivity contribution is 14.1. The number of halogens is 1. The van der Waals surface area contributed by atoms with Gasteiger partial charge in [-0.15, -0.1) is 0 Å². The van der Waals surface area contributed by atoms with Crippen LogP contribution in [-0.2, 0) is 0 Å². The van der Waals surface area contributed by atoms with E-state index in [1.165, 1.54) is 0 Å². The van der Waals surface area contributed by atoms with Gasteiger partial charge in [0.1, 0.15) is 11.5 Å². The molecule has 0 heterocycles. The monoisotopic (exact) mass is 458 g/mol. The van der Waals surface area contributed by atoms with Gasteiger partial charge in [0.2, 0.25) is 0 Å². The van der Waals surface area contributed by atoms with Crippen LogP contribution in [0.5, 0.6) is 11.5 Å². The van der Waals surface area contributed by atoms with E-state index in [0.717, 1.165) is 9.13 Å². The summed E-state index contributed by atoms with van der Waals surface area (Å²) in [5.41, 5.74) is 2.02. The Labute approximate surface area is 164 Å². The molecule has 0 unspecified atom stereocenters. The first-order chi connectivity index (χ1) is 12.5. The zero-order valence-corrected chi connectivity index (χ0v) is 16.1. The second kappa shape index (κ2) is 8.14. The van der Waals surface area contributed by atoms with E-state index in [2.05, 4.69) is 22.6 Å². The quantitative estimate of drug-likeness (QED) is 0.313. The van der Waals surface area contributed by atoms with Crippen molar-refractivity contribution in [2.24, 2.45) is 0 Å². The molecule has 0 spiro atoms. The number of aryl methyl sites for hydroxylation is 1. The van der Waals surface area contributed by atoms with Gasteiger partial charge in [0.05, 0.1) is 11.1 Å². The molecule has 0 saturated carbocycles. The Morgan fingerprint density at radius 2 is 1.04 bits per heavy atom. The fourth-order valence-corrected chi connectivity index (χ4v) is 2.54. The summed E-state index contributed by atoms with van der Waals surface area (Å²) in [5, 5.41) is 0. The third-order valence-electron chi connectivity index (χ3n) is 3.61. The van der Waals surface area contributed by atoms with E-state index in [0.29, 0.717) is 22.6 Å². The van der Waals surface area contributed by atoms with Crippen LogP contribution in [0.1, 0.15) is 26.3 Å². The van der Waals surface area contributed by atoms with E-state index in [-0.39, 0.29) is 0 Å². The lowest BCUT2D eigenvalue weighted by molar-refractivity contribution is 0.0719. The van der Waals surface area contributed by atoms with Crippen LogP contribution in [-0.4, -0.2) is 11.9 Å². The number of carbonyl (C=O) groups excluding carboxylic acids is 2. The number of esters is 2. The molecule has 0 radical (unpaired) electrons. The molecule has 0 saturated heterocycles. The first-order valence-electron chi connectivity index (χ1n) is 7.88. The van der Waals surface area contributed by atoms with Gasteiger partial charge in [-0.2, -0.15) is 0 Å². The maximum absolute atomic E-state index is 12.1. The number of hydrogen-bond acceptors (Lipinski definition) is 4. The van der Waals surface area contributed by atoms with Gasteiger partial charge in [0.15, 0.2) is 0 Å². The maximum Gasteiger partial charge on any atom is 0.343 e. The molecular weight excluding hydrogens is 443 g/mol. The molecule has 3 rings (SSSR count). The zero-order valence-electron chi connectivity index (χ0n) is 13.9. The molecular formula is C21H15IO4. The molecule has 5 heteroatoms. The van der Waals surface area contributed by atoms with Gasteiger partial charge in [-0.25, -0.2) is 9.59 Å². The summed E-state index contributed by atoms with van der Waals surface area (Å²) in [6.45, 7) is 1.95. The van der Waals surface area contributed by atoms with Crippen LogP contribution in [0.25, 0.3) is 0 Å². The number of rotatable bonds is 4. The highest BCUT2D eigenvalue weighted by Gasteiger charge is 2.10. The van der Waals surface area contributed by atoms with Crippen LogP contribution in [0.4, 0.5) is 0 Å². The Morgan fingerprint density at radius 1 is 0.654 bits per heavy atom. The highest BCUT2D eigenvalue weighted by Crippen LogP contribution is 2.20. The van der Waals surface area contributed by atoms with E-state index >= 15 is 0 Å². The van der Waals surface area contributed by atoms with Crippen molar-refractivity contribution < 1.29 is 19.1 Å². The third kappa shape index (κ3) is 4.70. The van der Waals surface area contributed by atoms with Crippen LogP contribution in [0.3, 0.4) is 0 Å². The van der Waals surface area contributed by atoms with Crippen LogP contribution >= 0.6 is 22.6 Å². The van der Waals surface area contributed by atoms with E-state index in [1.807, 2.05) is 31.2 Å². The van der Waals surface area contributed by atoms with Crippen molar-refractivity contribution >= 4 is 34.5 Å². The molecule has 0 aromatic heterocycles. The Hall–Kier alpha value is -2.67. The van der Waals surface area contributed by atoms with Gasteiger partial charge < -0.3 is 9.47 Å². The van der Waals surface area contributed by atoms with Crippen molar-refractivity contribution in [1.29, 1.82) is 0 Å². The second-order valence-corrected chi connectivity index (χ2v) is 6.87. The first-order valence-corrected chi connectivity index (χ1v) is 8.96. The number of carbonyl (C=O) groups is 2. The van der Waals surface area contributed by atoms with Gasteiger partial charge >= 0.3 is 11.9 Å². The molecule has 0 bridgehead atoms. The summed E-state index contributed by atoms with van der Waals surface area (Å²) in [6, 6.07) is 20.6. The minimum absolute atomic E-state index is 0.378. The topological polar surface area (TPSA) is 52.6 Å². The number of benzene rings is 3. The molecule has 0 atom stereocenters. The summed E-state index contributed by atoms with van der Waals surface area (Å²) >= 11 is 2.17. The molecule has 0 amide bonds. The molecule has 4 nitrogen and oxygen atoms in total. The van der Waals surface area contributed by atoms with Crippen LogP contribution in [0.15, 0.2) is 72.8 Å². The minimum atomic E-state index is -0.439. The van der Waals surface area contributed by atoms with Crippen molar-refractivity contribution in [2.45, 2.75) is 6.92 Å². The molecule has 0 aliphatic carbocycles. The molecule has 0 aliphatic heterocycles. The molecule has 0 aliphatic rings. The Bertz CT molecular complexity index is 835. The SMILES string of the molecule is Cc1ccc(C(=O)Oc2ccc(OC(=O)c3ccc(I)cc3)cc2)cc1. The maximum atomic E-state index is 12.1. The average molecular weight is 458 g/mol. The molecule has 3 aromatic carbocycles. The fraction of sp³-hybridized carbons (Fsp3) is 0.0476. The van der Waals surface area contributed by atoms with E-state index in [4.69, 9.17) is 9.47 Å². The molecule has 3 aromatic rings. The normalized spacial score (nSPS) is 10.2. The predicted octanol–water partition coefficient (Wildman–Crippen LogP) is 5.04. The molecule has 0 N–H and O–H groups in total. The van der Waals surface area contributed by atoms with Gasteiger partial charge in [-0.05, 0) is 90.2 Å². The summed E-state index contributed by atoms with van der Waals surface area (Å²) in [7, 11) is 0.